The number of hydrogen-bond acceptors (Lipinski definition) is 3. The first-order valence-electron chi connectivity index (χ1n) is 7.30. The van der Waals surface area contributed by atoms with Gasteiger partial charge in [-0.1, -0.05) is 13.0 Å². The fraction of sp³-hybridized carbons (Fsp3) is 0.600. The quantitative estimate of drug-likeness (QED) is 0.877. The molecular weight excluding hydrogens is 296 g/mol. The molecule has 1 aromatic rings. The molecule has 21 heavy (non-hydrogen) atoms. The fourth-order valence-electron chi connectivity index (χ4n) is 2.81. The van der Waals surface area contributed by atoms with Gasteiger partial charge in [-0.3, -0.25) is 0 Å². The predicted molar refractivity (Wildman–Crippen MR) is 78.8 cm³/mol. The summed E-state index contributed by atoms with van der Waals surface area (Å²) in [6.07, 6.45) is 2.07. The molecule has 2 unspecified atom stereocenters. The monoisotopic (exact) mass is 317 g/mol. The highest BCUT2D eigenvalue weighted by molar-refractivity contribution is 7.91. The Labute approximate surface area is 124 Å². The molecule has 1 aromatic carbocycles. The molecule has 3 nitrogen and oxygen atoms in total. The minimum absolute atomic E-state index is 0.0359. The molecule has 0 aromatic heterocycles. The molecule has 1 N–H and O–H groups in total. The van der Waals surface area contributed by atoms with Crippen molar-refractivity contribution < 1.29 is 17.2 Å². The fourth-order valence-corrected chi connectivity index (χ4v) is 4.69. The average molecular weight is 317 g/mol. The molecule has 1 heterocycles. The maximum atomic E-state index is 14.0. The Morgan fingerprint density at radius 1 is 1.38 bits per heavy atom. The summed E-state index contributed by atoms with van der Waals surface area (Å²) in [5.41, 5.74) is 0.411. The Kier molecular flexibility index (Phi) is 5.32. The first-order valence-corrected chi connectivity index (χ1v) is 9.12. The molecular formula is C15H21F2NO2S. The van der Waals surface area contributed by atoms with Crippen LogP contribution in [0.2, 0.25) is 0 Å². The summed E-state index contributed by atoms with van der Waals surface area (Å²) in [5, 5.41) is 3.24. The minimum Gasteiger partial charge on any atom is -0.310 e. The molecule has 0 saturated carbocycles. The van der Waals surface area contributed by atoms with Crippen LogP contribution in [0.15, 0.2) is 18.2 Å². The van der Waals surface area contributed by atoms with Gasteiger partial charge in [0.2, 0.25) is 0 Å². The van der Waals surface area contributed by atoms with Crippen LogP contribution in [0.1, 0.15) is 37.8 Å². The molecule has 1 aliphatic rings. The lowest BCUT2D eigenvalue weighted by Gasteiger charge is -2.22. The molecule has 1 saturated heterocycles. The van der Waals surface area contributed by atoms with Crippen LogP contribution in [0.4, 0.5) is 8.78 Å². The molecule has 1 fully saturated rings. The standard InChI is InChI=1S/C15H21F2NO2S/c1-2-6-18-15(8-11-5-7-21(19,20)10-11)13-4-3-12(16)9-14(13)17/h3-4,9,11,15,18H,2,5-8,10H2,1H3. The molecule has 0 radical (unpaired) electrons. The van der Waals surface area contributed by atoms with Crippen molar-refractivity contribution in [3.63, 3.8) is 0 Å². The van der Waals surface area contributed by atoms with E-state index in [4.69, 9.17) is 0 Å². The van der Waals surface area contributed by atoms with Crippen molar-refractivity contribution >= 4 is 9.84 Å². The van der Waals surface area contributed by atoms with E-state index in [2.05, 4.69) is 5.32 Å². The highest BCUT2D eigenvalue weighted by Gasteiger charge is 2.30. The highest BCUT2D eigenvalue weighted by Crippen LogP contribution is 2.30. The van der Waals surface area contributed by atoms with Gasteiger partial charge in [-0.2, -0.15) is 0 Å². The molecule has 2 rings (SSSR count). The Morgan fingerprint density at radius 2 is 2.14 bits per heavy atom. The highest BCUT2D eigenvalue weighted by atomic mass is 32.2. The van der Waals surface area contributed by atoms with Crippen LogP contribution in [0.3, 0.4) is 0 Å². The number of nitrogens with one attached hydrogen (secondary N) is 1. The zero-order valence-corrected chi connectivity index (χ0v) is 12.9. The second kappa shape index (κ2) is 6.83. The lowest BCUT2D eigenvalue weighted by molar-refractivity contribution is 0.402. The number of hydrogen-bond donors (Lipinski definition) is 1. The van der Waals surface area contributed by atoms with Crippen LogP contribution >= 0.6 is 0 Å². The first kappa shape index (κ1) is 16.4. The zero-order chi connectivity index (χ0) is 15.5. The Hall–Kier alpha value is -1.01. The normalized spacial score (nSPS) is 22.3. The molecule has 2 atom stereocenters. The topological polar surface area (TPSA) is 46.2 Å². The molecule has 0 bridgehead atoms. The van der Waals surface area contributed by atoms with Crippen molar-refractivity contribution in [2.75, 3.05) is 18.1 Å². The zero-order valence-electron chi connectivity index (χ0n) is 12.1. The third-order valence-electron chi connectivity index (χ3n) is 3.87. The maximum absolute atomic E-state index is 14.0. The van der Waals surface area contributed by atoms with E-state index in [1.807, 2.05) is 6.92 Å². The number of halogens is 2. The molecule has 0 amide bonds. The van der Waals surface area contributed by atoms with Crippen molar-refractivity contribution in [2.24, 2.45) is 5.92 Å². The van der Waals surface area contributed by atoms with Gasteiger partial charge in [0.05, 0.1) is 11.5 Å². The van der Waals surface area contributed by atoms with Crippen LogP contribution < -0.4 is 5.32 Å². The molecule has 0 aliphatic carbocycles. The van der Waals surface area contributed by atoms with E-state index in [1.165, 1.54) is 12.1 Å². The van der Waals surface area contributed by atoms with E-state index in [0.717, 1.165) is 12.5 Å². The summed E-state index contributed by atoms with van der Waals surface area (Å²) in [5.74, 6) is -0.767. The molecule has 1 aliphatic heterocycles. The van der Waals surface area contributed by atoms with Crippen molar-refractivity contribution in [1.82, 2.24) is 5.32 Å². The second-order valence-corrected chi connectivity index (χ2v) is 7.91. The van der Waals surface area contributed by atoms with Gasteiger partial charge >= 0.3 is 0 Å². The van der Waals surface area contributed by atoms with Crippen LogP contribution in [-0.2, 0) is 9.84 Å². The summed E-state index contributed by atoms with van der Waals surface area (Å²) >= 11 is 0. The van der Waals surface area contributed by atoms with Crippen molar-refractivity contribution in [3.8, 4) is 0 Å². The third-order valence-corrected chi connectivity index (χ3v) is 5.71. The summed E-state index contributed by atoms with van der Waals surface area (Å²) in [6, 6.07) is 3.29. The minimum atomic E-state index is -2.94. The van der Waals surface area contributed by atoms with Gasteiger partial charge in [0.1, 0.15) is 11.6 Å². The van der Waals surface area contributed by atoms with Gasteiger partial charge in [-0.25, -0.2) is 17.2 Å². The Bertz CT molecular complexity index is 589. The number of benzene rings is 1. The van der Waals surface area contributed by atoms with E-state index in [-0.39, 0.29) is 23.5 Å². The second-order valence-electron chi connectivity index (χ2n) is 5.68. The Balaban J connectivity index is 2.14. The number of rotatable bonds is 6. The number of sulfone groups is 1. The average Bonchev–Trinajstić information content (AvgIpc) is 2.74. The SMILES string of the molecule is CCCNC(CC1CCS(=O)(=O)C1)c1ccc(F)cc1F. The summed E-state index contributed by atoms with van der Waals surface area (Å²) < 4.78 is 50.1. The summed E-state index contributed by atoms with van der Waals surface area (Å²) in [7, 11) is -2.94. The van der Waals surface area contributed by atoms with Crippen molar-refractivity contribution in [2.45, 2.75) is 32.2 Å². The van der Waals surface area contributed by atoms with Gasteiger partial charge < -0.3 is 5.32 Å². The van der Waals surface area contributed by atoms with Crippen LogP contribution in [-0.4, -0.2) is 26.5 Å². The lowest BCUT2D eigenvalue weighted by atomic mass is 9.93. The van der Waals surface area contributed by atoms with Gasteiger partial charge in [-0.05, 0) is 37.8 Å². The van der Waals surface area contributed by atoms with Gasteiger partial charge in [-0.15, -0.1) is 0 Å². The summed E-state index contributed by atoms with van der Waals surface area (Å²) in [4.78, 5) is 0. The van der Waals surface area contributed by atoms with Gasteiger partial charge in [0.15, 0.2) is 9.84 Å². The third kappa shape index (κ3) is 4.48. The molecule has 6 heteroatoms. The van der Waals surface area contributed by atoms with Crippen molar-refractivity contribution in [3.05, 3.63) is 35.4 Å². The van der Waals surface area contributed by atoms with E-state index in [1.54, 1.807) is 0 Å². The summed E-state index contributed by atoms with van der Waals surface area (Å²) in [6.45, 7) is 2.71. The van der Waals surface area contributed by atoms with Gasteiger partial charge in [0, 0.05) is 17.7 Å². The van der Waals surface area contributed by atoms with E-state index < -0.39 is 21.5 Å². The Morgan fingerprint density at radius 3 is 2.71 bits per heavy atom. The van der Waals surface area contributed by atoms with E-state index >= 15 is 0 Å². The lowest BCUT2D eigenvalue weighted by Crippen LogP contribution is -2.26. The van der Waals surface area contributed by atoms with E-state index in [0.29, 0.717) is 24.9 Å². The van der Waals surface area contributed by atoms with Crippen molar-refractivity contribution in [1.29, 1.82) is 0 Å². The van der Waals surface area contributed by atoms with Crippen LogP contribution in [0.25, 0.3) is 0 Å². The smallest absolute Gasteiger partial charge is 0.150 e. The van der Waals surface area contributed by atoms with Crippen LogP contribution in [0.5, 0.6) is 0 Å². The largest absolute Gasteiger partial charge is 0.310 e. The first-order chi connectivity index (χ1) is 9.91. The molecule has 118 valence electrons. The maximum Gasteiger partial charge on any atom is 0.150 e. The van der Waals surface area contributed by atoms with Crippen LogP contribution in [0, 0.1) is 17.6 Å². The molecule has 0 spiro atoms. The predicted octanol–water partition coefficient (Wildman–Crippen LogP) is 2.83. The van der Waals surface area contributed by atoms with Gasteiger partial charge in [0.25, 0.3) is 0 Å². The van der Waals surface area contributed by atoms with E-state index in [9.17, 15) is 17.2 Å².